The molecule has 23 rings (SSSR count). The normalized spacial score (nSPS) is 11.6. The van der Waals surface area contributed by atoms with Crippen LogP contribution in [0.3, 0.4) is 0 Å². The predicted molar refractivity (Wildman–Crippen MR) is 487 cm³/mol. The molecular formula is C109H70N8O. The largest absolute Gasteiger partial charge is 0.456 e. The molecule has 552 valence electrons. The van der Waals surface area contributed by atoms with Crippen molar-refractivity contribution in [3.05, 3.63) is 425 Å². The van der Waals surface area contributed by atoms with Gasteiger partial charge in [0.1, 0.15) is 11.2 Å². The number of rotatable bonds is 13. The van der Waals surface area contributed by atoms with Crippen LogP contribution in [0.5, 0.6) is 0 Å². The molecule has 0 aliphatic heterocycles. The first-order valence-electron chi connectivity index (χ1n) is 39.8. The van der Waals surface area contributed by atoms with Gasteiger partial charge in [-0.1, -0.05) is 328 Å². The molecule has 118 heavy (non-hydrogen) atoms. The van der Waals surface area contributed by atoms with Gasteiger partial charge in [-0.05, 0) is 136 Å². The van der Waals surface area contributed by atoms with E-state index in [-0.39, 0.29) is 0 Å². The summed E-state index contributed by atoms with van der Waals surface area (Å²) in [6, 6.07) is 150. The molecule has 0 N–H and O–H groups in total. The number of hydrogen-bond donors (Lipinski definition) is 0. The first-order valence-corrected chi connectivity index (χ1v) is 39.8. The lowest BCUT2D eigenvalue weighted by atomic mass is 9.97. The Labute approximate surface area is 680 Å². The molecular weight excluding hydrogens is 1440 g/mol. The van der Waals surface area contributed by atoms with E-state index in [4.69, 9.17) is 29.3 Å². The number of hydrogen-bond acceptors (Lipinski definition) is 6. The summed E-state index contributed by atoms with van der Waals surface area (Å²) in [5, 5.41) is 9.61. The molecule has 0 radical (unpaired) electrons. The Kier molecular flexibility index (Phi) is 17.0. The average molecular weight is 1510 g/mol. The van der Waals surface area contributed by atoms with Crippen LogP contribution in [-0.4, -0.2) is 38.6 Å². The van der Waals surface area contributed by atoms with E-state index in [1.165, 1.54) is 65.5 Å². The fraction of sp³-hybridized carbons (Fsp3) is 0. The van der Waals surface area contributed by atoms with Gasteiger partial charge in [0.05, 0.1) is 44.5 Å². The molecule has 9 nitrogen and oxygen atoms in total. The van der Waals surface area contributed by atoms with Crippen molar-refractivity contribution in [3.63, 3.8) is 0 Å². The zero-order valence-corrected chi connectivity index (χ0v) is 63.9. The fourth-order valence-corrected chi connectivity index (χ4v) is 17.2. The van der Waals surface area contributed by atoms with Crippen LogP contribution in [0, 0.1) is 0 Å². The zero-order valence-electron chi connectivity index (χ0n) is 63.9. The van der Waals surface area contributed by atoms with E-state index < -0.39 is 0 Å². The molecule has 6 aromatic heterocycles. The lowest BCUT2D eigenvalue weighted by Gasteiger charge is -2.13. The summed E-state index contributed by atoms with van der Waals surface area (Å²) in [5.41, 5.74) is 29.1. The molecule has 0 amide bonds. The Balaban J connectivity index is 0.000000143. The van der Waals surface area contributed by atoms with Gasteiger partial charge in [-0.3, -0.25) is 0 Å². The fourth-order valence-electron chi connectivity index (χ4n) is 17.2. The molecule has 0 saturated carbocycles. The maximum Gasteiger partial charge on any atom is 0.164 e. The van der Waals surface area contributed by atoms with E-state index in [0.717, 1.165) is 128 Å². The molecule has 23 aromatic rings. The predicted octanol–water partition coefficient (Wildman–Crippen LogP) is 28.2. The minimum Gasteiger partial charge on any atom is -0.456 e. The molecule has 9 heteroatoms. The smallest absolute Gasteiger partial charge is 0.164 e. The quantitative estimate of drug-likeness (QED) is 0.114. The van der Waals surface area contributed by atoms with Crippen molar-refractivity contribution in [2.75, 3.05) is 0 Å². The maximum absolute atomic E-state index is 6.26. The molecule has 0 saturated heterocycles. The van der Waals surface area contributed by atoms with Crippen molar-refractivity contribution >= 4 is 87.4 Å². The summed E-state index contributed by atoms with van der Waals surface area (Å²) in [6.45, 7) is 0. The second-order valence-electron chi connectivity index (χ2n) is 29.8. The minimum atomic E-state index is 0.631. The third kappa shape index (κ3) is 12.3. The van der Waals surface area contributed by atoms with E-state index in [1.807, 2.05) is 109 Å². The molecule has 17 aromatic carbocycles. The Bertz CT molecular complexity index is 7650. The molecule has 0 spiro atoms. The minimum absolute atomic E-state index is 0.631. The van der Waals surface area contributed by atoms with Crippen LogP contribution in [-0.2, 0) is 0 Å². The molecule has 0 bridgehead atoms. The van der Waals surface area contributed by atoms with E-state index >= 15 is 0 Å². The van der Waals surface area contributed by atoms with Gasteiger partial charge in [-0.25, -0.2) is 24.9 Å². The molecule has 0 aliphatic rings. The van der Waals surface area contributed by atoms with Gasteiger partial charge in [0, 0.05) is 99.1 Å². The highest BCUT2D eigenvalue weighted by Crippen LogP contribution is 2.44. The Hall–Kier alpha value is -16.0. The van der Waals surface area contributed by atoms with Gasteiger partial charge in [-0.2, -0.15) is 0 Å². The van der Waals surface area contributed by atoms with Crippen LogP contribution in [0.15, 0.2) is 429 Å². The summed E-state index contributed by atoms with van der Waals surface area (Å²) in [6.07, 6.45) is 0. The van der Waals surface area contributed by atoms with Crippen LogP contribution < -0.4 is 0 Å². The van der Waals surface area contributed by atoms with Crippen molar-refractivity contribution in [2.24, 2.45) is 0 Å². The Morgan fingerprint density at radius 2 is 0.568 bits per heavy atom. The van der Waals surface area contributed by atoms with Crippen LogP contribution in [0.2, 0.25) is 0 Å². The Morgan fingerprint density at radius 3 is 1.24 bits per heavy atom. The third-order valence-electron chi connectivity index (χ3n) is 22.8. The molecule has 0 aliphatic carbocycles. The van der Waals surface area contributed by atoms with Crippen LogP contribution in [0.25, 0.3) is 217 Å². The van der Waals surface area contributed by atoms with Gasteiger partial charge in [0.15, 0.2) is 23.3 Å². The standard InChI is InChI=1S/C58H38N4.C51H32N4O/c1-4-15-41(16-5-1)52-38-53(42-17-6-2-7-18-42)60-58(59-52)43-29-27-39(28-30-43)44-33-36-50-48-21-10-12-25-54(48)61(56(50)37-44)46-34-31-40(32-35-46)47-23-14-24-51-49-22-11-13-26-55(49)62(57(47)51)45-19-8-3-9-20-45;1-3-14-33(15-4-1)49-52-50(34-16-5-2-6-17-34)54-51(53-49)38-20-11-19-37(30-38)40-24-13-26-45-48(40)43-23-7-9-25-44(43)55(45)39-21-12-18-35(31-39)36-28-29-42-41-22-8-10-27-46(41)56-47(42)32-36/h1-38H;1-32H. The number of furan rings is 1. The van der Waals surface area contributed by atoms with Crippen LogP contribution in [0.4, 0.5) is 0 Å². The van der Waals surface area contributed by atoms with E-state index in [1.54, 1.807) is 0 Å². The number of para-hydroxylation sites is 6. The van der Waals surface area contributed by atoms with Crippen molar-refractivity contribution in [1.29, 1.82) is 0 Å². The Morgan fingerprint density at radius 1 is 0.178 bits per heavy atom. The highest BCUT2D eigenvalue weighted by Gasteiger charge is 2.23. The van der Waals surface area contributed by atoms with Gasteiger partial charge in [-0.15, -0.1) is 0 Å². The number of benzene rings is 17. The average Bonchev–Trinajstić information content (AvgIpc) is 1.59. The van der Waals surface area contributed by atoms with Crippen molar-refractivity contribution in [2.45, 2.75) is 0 Å². The van der Waals surface area contributed by atoms with Crippen LogP contribution in [0.1, 0.15) is 0 Å². The maximum atomic E-state index is 6.26. The summed E-state index contributed by atoms with van der Waals surface area (Å²) < 4.78 is 13.5. The van der Waals surface area contributed by atoms with E-state index in [2.05, 4.69) is 329 Å². The molecule has 0 fully saturated rings. The van der Waals surface area contributed by atoms with Crippen LogP contribution >= 0.6 is 0 Å². The second kappa shape index (κ2) is 29.2. The van der Waals surface area contributed by atoms with Gasteiger partial charge in [0.25, 0.3) is 0 Å². The summed E-state index contributed by atoms with van der Waals surface area (Å²) in [7, 11) is 0. The number of aromatic nitrogens is 8. The van der Waals surface area contributed by atoms with Crippen molar-refractivity contribution in [1.82, 2.24) is 38.6 Å². The molecule has 0 unspecified atom stereocenters. The van der Waals surface area contributed by atoms with Crippen molar-refractivity contribution < 1.29 is 4.42 Å². The molecule has 6 heterocycles. The van der Waals surface area contributed by atoms with Gasteiger partial charge < -0.3 is 18.1 Å². The lowest BCUT2D eigenvalue weighted by Crippen LogP contribution is -2.00. The number of nitrogens with zero attached hydrogens (tertiary/aromatic N) is 8. The first-order chi connectivity index (χ1) is 58.5. The van der Waals surface area contributed by atoms with E-state index in [9.17, 15) is 0 Å². The summed E-state index contributed by atoms with van der Waals surface area (Å²) >= 11 is 0. The SMILES string of the molecule is c1ccc(-c2cc(-c3ccccc3)nc(-c3ccc(-c4ccc5c6ccccc6n(-c6ccc(-c7cccc8c9ccccc9n(-c9ccccc9)c78)cc6)c5c4)cc3)n2)cc1.c1ccc(-c2nc(-c3ccccc3)nc(-c3cccc(-c4cccc5c4c4ccccc4n5-c4cccc(-c5ccc6c(c5)oc5ccccc56)c4)c3)n2)cc1. The molecule has 0 atom stereocenters. The monoisotopic (exact) mass is 1510 g/mol. The number of fused-ring (bicyclic) bond motifs is 12. The van der Waals surface area contributed by atoms with E-state index in [0.29, 0.717) is 23.3 Å². The summed E-state index contributed by atoms with van der Waals surface area (Å²) in [5.74, 6) is 2.62. The highest BCUT2D eigenvalue weighted by atomic mass is 16.3. The lowest BCUT2D eigenvalue weighted by molar-refractivity contribution is 0.669. The highest BCUT2D eigenvalue weighted by molar-refractivity contribution is 6.17. The topological polar surface area (TPSA) is 92.4 Å². The summed E-state index contributed by atoms with van der Waals surface area (Å²) in [4.78, 5) is 25.1. The van der Waals surface area contributed by atoms with Gasteiger partial charge >= 0.3 is 0 Å². The second-order valence-corrected chi connectivity index (χ2v) is 29.8. The van der Waals surface area contributed by atoms with Crippen molar-refractivity contribution in [3.8, 4) is 130 Å². The first kappa shape index (κ1) is 68.8. The van der Waals surface area contributed by atoms with Gasteiger partial charge in [0.2, 0.25) is 0 Å². The zero-order chi connectivity index (χ0) is 78.0. The third-order valence-corrected chi connectivity index (χ3v) is 22.8.